The van der Waals surface area contributed by atoms with Crippen molar-refractivity contribution in [3.63, 3.8) is 0 Å². The van der Waals surface area contributed by atoms with Gasteiger partial charge in [-0.3, -0.25) is 4.90 Å². The van der Waals surface area contributed by atoms with Crippen LogP contribution >= 0.6 is 0 Å². The second kappa shape index (κ2) is 6.80. The molecular formula is C17H27N3. The summed E-state index contributed by atoms with van der Waals surface area (Å²) in [5.74, 6) is 0. The van der Waals surface area contributed by atoms with Crippen LogP contribution in [0.2, 0.25) is 0 Å². The zero-order chi connectivity index (χ0) is 14.5. The van der Waals surface area contributed by atoms with E-state index in [4.69, 9.17) is 0 Å². The first-order chi connectivity index (χ1) is 9.61. The molecule has 0 bridgehead atoms. The quantitative estimate of drug-likeness (QED) is 0.835. The van der Waals surface area contributed by atoms with Crippen LogP contribution in [0, 0.1) is 6.92 Å². The van der Waals surface area contributed by atoms with Crippen LogP contribution < -0.4 is 4.90 Å². The van der Waals surface area contributed by atoms with Crippen LogP contribution in [0.25, 0.3) is 0 Å². The second-order valence-electron chi connectivity index (χ2n) is 5.72. The van der Waals surface area contributed by atoms with Crippen LogP contribution in [0.1, 0.15) is 12.5 Å². The third kappa shape index (κ3) is 3.54. The molecule has 1 aliphatic heterocycles. The topological polar surface area (TPSA) is 9.72 Å². The molecule has 110 valence electrons. The molecule has 3 nitrogen and oxygen atoms in total. The molecule has 0 amide bonds. The molecule has 0 unspecified atom stereocenters. The van der Waals surface area contributed by atoms with Gasteiger partial charge in [0.15, 0.2) is 0 Å². The predicted octanol–water partition coefficient (Wildman–Crippen LogP) is 2.58. The highest BCUT2D eigenvalue weighted by atomic mass is 15.3. The van der Waals surface area contributed by atoms with Crippen LogP contribution in [0.15, 0.2) is 36.0 Å². The largest absolute Gasteiger partial charge is 0.380 e. The fourth-order valence-corrected chi connectivity index (χ4v) is 2.79. The van der Waals surface area contributed by atoms with E-state index in [9.17, 15) is 0 Å². The molecule has 2 rings (SSSR count). The van der Waals surface area contributed by atoms with Gasteiger partial charge >= 0.3 is 0 Å². The van der Waals surface area contributed by atoms with E-state index in [0.29, 0.717) is 0 Å². The van der Waals surface area contributed by atoms with Gasteiger partial charge in [-0.2, -0.15) is 0 Å². The van der Waals surface area contributed by atoms with E-state index in [-0.39, 0.29) is 0 Å². The Hall–Kier alpha value is -1.48. The maximum absolute atomic E-state index is 2.55. The second-order valence-corrected chi connectivity index (χ2v) is 5.72. The van der Waals surface area contributed by atoms with Gasteiger partial charge in [-0.15, -0.1) is 0 Å². The fraction of sp³-hybridized carbons (Fsp3) is 0.529. The standard InChI is InChI=1S/C17H27N3/c1-5-16(18(3)4)14-19-10-12-20(13-11-19)17-9-7-6-8-15(17)2/h5-9H,10-14H2,1-4H3. The Bertz CT molecular complexity index is 457. The SMILES string of the molecule is CC=C(CN1CCN(c2ccccc2C)CC1)N(C)C. The minimum atomic E-state index is 1.06. The summed E-state index contributed by atoms with van der Waals surface area (Å²) in [6.45, 7) is 9.90. The zero-order valence-corrected chi connectivity index (χ0v) is 13.3. The van der Waals surface area contributed by atoms with Gasteiger partial charge < -0.3 is 9.80 Å². The van der Waals surface area contributed by atoms with Gasteiger partial charge in [-0.05, 0) is 25.5 Å². The van der Waals surface area contributed by atoms with Gasteiger partial charge in [0.1, 0.15) is 0 Å². The number of para-hydroxylation sites is 1. The van der Waals surface area contributed by atoms with Crippen molar-refractivity contribution in [1.82, 2.24) is 9.80 Å². The number of hydrogen-bond donors (Lipinski definition) is 0. The Labute approximate surface area is 123 Å². The van der Waals surface area contributed by atoms with Crippen molar-refractivity contribution in [3.8, 4) is 0 Å². The number of anilines is 1. The maximum Gasteiger partial charge on any atom is 0.0396 e. The number of rotatable bonds is 4. The van der Waals surface area contributed by atoms with Gasteiger partial charge in [0.25, 0.3) is 0 Å². The van der Waals surface area contributed by atoms with E-state index in [0.717, 1.165) is 32.7 Å². The number of piperazine rings is 1. The van der Waals surface area contributed by atoms with Crippen molar-refractivity contribution in [2.75, 3.05) is 51.7 Å². The monoisotopic (exact) mass is 273 g/mol. The maximum atomic E-state index is 2.55. The lowest BCUT2D eigenvalue weighted by molar-refractivity contribution is 0.258. The van der Waals surface area contributed by atoms with E-state index in [2.05, 4.69) is 73.0 Å². The molecule has 1 saturated heterocycles. The van der Waals surface area contributed by atoms with E-state index < -0.39 is 0 Å². The molecular weight excluding hydrogens is 246 g/mol. The first-order valence-corrected chi connectivity index (χ1v) is 7.47. The number of hydrogen-bond acceptors (Lipinski definition) is 3. The molecule has 0 N–H and O–H groups in total. The number of aryl methyl sites for hydroxylation is 1. The molecule has 1 aliphatic rings. The van der Waals surface area contributed by atoms with Crippen molar-refractivity contribution in [3.05, 3.63) is 41.6 Å². The highest BCUT2D eigenvalue weighted by Gasteiger charge is 2.19. The number of nitrogens with zero attached hydrogens (tertiary/aromatic N) is 3. The minimum absolute atomic E-state index is 1.06. The van der Waals surface area contributed by atoms with Crippen molar-refractivity contribution in [2.45, 2.75) is 13.8 Å². The van der Waals surface area contributed by atoms with Crippen LogP contribution in [-0.2, 0) is 0 Å². The summed E-state index contributed by atoms with van der Waals surface area (Å²) in [5, 5.41) is 0. The molecule has 0 saturated carbocycles. The first kappa shape index (κ1) is 14.9. The Morgan fingerprint density at radius 3 is 2.35 bits per heavy atom. The molecule has 1 aromatic rings. The Morgan fingerprint density at radius 2 is 1.80 bits per heavy atom. The van der Waals surface area contributed by atoms with Crippen molar-refractivity contribution < 1.29 is 0 Å². The van der Waals surface area contributed by atoms with E-state index in [1.807, 2.05) is 0 Å². The van der Waals surface area contributed by atoms with Crippen molar-refractivity contribution in [1.29, 1.82) is 0 Å². The molecule has 0 aromatic heterocycles. The zero-order valence-electron chi connectivity index (χ0n) is 13.3. The average molecular weight is 273 g/mol. The normalized spacial score (nSPS) is 17.4. The van der Waals surface area contributed by atoms with Crippen LogP contribution in [-0.4, -0.2) is 56.6 Å². The minimum Gasteiger partial charge on any atom is -0.380 e. The Balaban J connectivity index is 1.91. The summed E-state index contributed by atoms with van der Waals surface area (Å²) in [6.07, 6.45) is 2.22. The number of benzene rings is 1. The summed E-state index contributed by atoms with van der Waals surface area (Å²) >= 11 is 0. The van der Waals surface area contributed by atoms with Crippen LogP contribution in [0.4, 0.5) is 5.69 Å². The highest BCUT2D eigenvalue weighted by molar-refractivity contribution is 5.53. The van der Waals surface area contributed by atoms with E-state index >= 15 is 0 Å². The predicted molar refractivity (Wildman–Crippen MR) is 87.3 cm³/mol. The molecule has 3 heteroatoms. The van der Waals surface area contributed by atoms with Crippen molar-refractivity contribution in [2.24, 2.45) is 0 Å². The lowest BCUT2D eigenvalue weighted by atomic mass is 10.1. The Kier molecular flexibility index (Phi) is 5.07. The van der Waals surface area contributed by atoms with Gasteiger partial charge in [-0.1, -0.05) is 24.3 Å². The molecule has 1 aromatic carbocycles. The van der Waals surface area contributed by atoms with Gasteiger partial charge in [0.05, 0.1) is 0 Å². The summed E-state index contributed by atoms with van der Waals surface area (Å²) < 4.78 is 0. The molecule has 1 heterocycles. The summed E-state index contributed by atoms with van der Waals surface area (Å²) in [4.78, 5) is 7.27. The summed E-state index contributed by atoms with van der Waals surface area (Å²) in [5.41, 5.74) is 4.17. The smallest absolute Gasteiger partial charge is 0.0396 e. The van der Waals surface area contributed by atoms with Gasteiger partial charge in [0.2, 0.25) is 0 Å². The highest BCUT2D eigenvalue weighted by Crippen LogP contribution is 2.21. The lowest BCUT2D eigenvalue weighted by Crippen LogP contribution is -2.47. The van der Waals surface area contributed by atoms with Gasteiger partial charge in [0, 0.05) is 58.2 Å². The fourth-order valence-electron chi connectivity index (χ4n) is 2.79. The third-order valence-electron chi connectivity index (χ3n) is 4.12. The molecule has 0 radical (unpaired) electrons. The average Bonchev–Trinajstić information content (AvgIpc) is 2.46. The van der Waals surface area contributed by atoms with Crippen LogP contribution in [0.3, 0.4) is 0 Å². The lowest BCUT2D eigenvalue weighted by Gasteiger charge is -2.37. The summed E-state index contributed by atoms with van der Waals surface area (Å²) in [7, 11) is 4.25. The molecule has 1 fully saturated rings. The number of allylic oxidation sites excluding steroid dienone is 1. The van der Waals surface area contributed by atoms with Crippen molar-refractivity contribution >= 4 is 5.69 Å². The van der Waals surface area contributed by atoms with E-state index in [1.54, 1.807) is 0 Å². The Morgan fingerprint density at radius 1 is 1.15 bits per heavy atom. The van der Waals surface area contributed by atoms with Crippen LogP contribution in [0.5, 0.6) is 0 Å². The molecule has 0 spiro atoms. The first-order valence-electron chi connectivity index (χ1n) is 7.47. The van der Waals surface area contributed by atoms with E-state index in [1.165, 1.54) is 16.9 Å². The third-order valence-corrected chi connectivity index (χ3v) is 4.12. The summed E-state index contributed by atoms with van der Waals surface area (Å²) in [6, 6.07) is 8.69. The molecule has 0 aliphatic carbocycles. The number of likely N-dealkylation sites (N-methyl/N-ethyl adjacent to an activating group) is 1. The van der Waals surface area contributed by atoms with Gasteiger partial charge in [-0.25, -0.2) is 0 Å². The molecule has 0 atom stereocenters. The molecule has 20 heavy (non-hydrogen) atoms.